The average molecular weight is 326 g/mol. The van der Waals surface area contributed by atoms with Gasteiger partial charge < -0.3 is 14.6 Å². The van der Waals surface area contributed by atoms with Crippen LogP contribution >= 0.6 is 0 Å². The quantitative estimate of drug-likeness (QED) is 0.888. The number of amides is 1. The lowest BCUT2D eigenvalue weighted by atomic mass is 10.1. The normalized spacial score (nSPS) is 14.9. The van der Waals surface area contributed by atoms with Gasteiger partial charge in [0, 0.05) is 30.4 Å². The summed E-state index contributed by atoms with van der Waals surface area (Å²) in [6.45, 7) is 6.67. The highest BCUT2D eigenvalue weighted by Gasteiger charge is 2.20. The van der Waals surface area contributed by atoms with Crippen molar-refractivity contribution in [3.63, 3.8) is 0 Å². The molecule has 0 saturated carbocycles. The Morgan fingerprint density at radius 3 is 2.71 bits per heavy atom. The van der Waals surface area contributed by atoms with E-state index in [0.717, 1.165) is 42.8 Å². The van der Waals surface area contributed by atoms with Gasteiger partial charge in [0.2, 0.25) is 0 Å². The molecule has 128 valence electrons. The zero-order valence-corrected chi connectivity index (χ0v) is 14.5. The molecule has 1 fully saturated rings. The van der Waals surface area contributed by atoms with Crippen LogP contribution in [0.1, 0.15) is 43.6 Å². The van der Waals surface area contributed by atoms with Gasteiger partial charge in [0.1, 0.15) is 11.4 Å². The van der Waals surface area contributed by atoms with E-state index in [1.165, 1.54) is 6.42 Å². The number of nitrogens with one attached hydrogen (secondary N) is 1. The van der Waals surface area contributed by atoms with Crippen molar-refractivity contribution in [2.75, 3.05) is 19.7 Å². The van der Waals surface area contributed by atoms with Crippen LogP contribution in [0.15, 0.2) is 36.5 Å². The van der Waals surface area contributed by atoms with Crippen molar-refractivity contribution in [3.8, 4) is 16.9 Å². The third kappa shape index (κ3) is 3.81. The Bertz CT molecular complexity index is 684. The van der Waals surface area contributed by atoms with Crippen LogP contribution in [-0.4, -0.2) is 35.5 Å². The number of carbonyl (C=O) groups excluding carboxylic acids is 1. The van der Waals surface area contributed by atoms with Crippen LogP contribution in [0.2, 0.25) is 0 Å². The minimum atomic E-state index is 0.0986. The highest BCUT2D eigenvalue weighted by Crippen LogP contribution is 2.31. The van der Waals surface area contributed by atoms with Crippen molar-refractivity contribution in [2.45, 2.75) is 33.1 Å². The molecule has 1 aliphatic heterocycles. The SMILES string of the molecule is CC(C)COc1ccccc1-c1c[nH]c(C(=O)N2CCCCC2)c1. The molecule has 0 radical (unpaired) electrons. The number of aromatic nitrogens is 1. The molecule has 1 saturated heterocycles. The Morgan fingerprint density at radius 2 is 1.96 bits per heavy atom. The van der Waals surface area contributed by atoms with Gasteiger partial charge in [0.15, 0.2) is 0 Å². The molecule has 2 heterocycles. The zero-order valence-electron chi connectivity index (χ0n) is 14.5. The second kappa shape index (κ2) is 7.56. The molecule has 0 unspecified atom stereocenters. The molecule has 0 bridgehead atoms. The van der Waals surface area contributed by atoms with Gasteiger partial charge >= 0.3 is 0 Å². The molecule has 0 spiro atoms. The minimum absolute atomic E-state index is 0.0986. The Morgan fingerprint density at radius 1 is 1.21 bits per heavy atom. The van der Waals surface area contributed by atoms with Crippen LogP contribution < -0.4 is 4.74 Å². The molecule has 1 amide bonds. The van der Waals surface area contributed by atoms with Gasteiger partial charge in [-0.1, -0.05) is 32.0 Å². The molecule has 24 heavy (non-hydrogen) atoms. The summed E-state index contributed by atoms with van der Waals surface area (Å²) in [5.41, 5.74) is 2.67. The molecule has 4 nitrogen and oxygen atoms in total. The van der Waals surface area contributed by atoms with Gasteiger partial charge in [-0.3, -0.25) is 4.79 Å². The summed E-state index contributed by atoms with van der Waals surface area (Å²) in [6, 6.07) is 9.93. The van der Waals surface area contributed by atoms with E-state index >= 15 is 0 Å². The third-order valence-corrected chi connectivity index (χ3v) is 4.33. The maximum absolute atomic E-state index is 12.6. The van der Waals surface area contributed by atoms with Crippen molar-refractivity contribution >= 4 is 5.91 Å². The first-order chi connectivity index (χ1) is 11.6. The van der Waals surface area contributed by atoms with Crippen LogP contribution in [0.4, 0.5) is 0 Å². The summed E-state index contributed by atoms with van der Waals surface area (Å²) in [6.07, 6.45) is 5.32. The van der Waals surface area contributed by atoms with Crippen LogP contribution in [0.3, 0.4) is 0 Å². The van der Waals surface area contributed by atoms with Crippen molar-refractivity contribution in [1.82, 2.24) is 9.88 Å². The van der Waals surface area contributed by atoms with Crippen molar-refractivity contribution in [1.29, 1.82) is 0 Å². The van der Waals surface area contributed by atoms with Gasteiger partial charge in [-0.2, -0.15) is 0 Å². The lowest BCUT2D eigenvalue weighted by Crippen LogP contribution is -2.35. The van der Waals surface area contributed by atoms with E-state index in [-0.39, 0.29) is 5.91 Å². The van der Waals surface area contributed by atoms with Crippen LogP contribution in [0, 0.1) is 5.92 Å². The standard InChI is InChI=1S/C20H26N2O2/c1-15(2)14-24-19-9-5-4-8-17(19)16-12-18(21-13-16)20(23)22-10-6-3-7-11-22/h4-5,8-9,12-13,15,21H,3,6-7,10-11,14H2,1-2H3. The highest BCUT2D eigenvalue weighted by atomic mass is 16.5. The Kier molecular flexibility index (Phi) is 5.24. The first-order valence-electron chi connectivity index (χ1n) is 8.85. The maximum Gasteiger partial charge on any atom is 0.270 e. The Balaban J connectivity index is 1.79. The van der Waals surface area contributed by atoms with Gasteiger partial charge in [-0.15, -0.1) is 0 Å². The number of benzene rings is 1. The lowest BCUT2D eigenvalue weighted by Gasteiger charge is -2.26. The van der Waals surface area contributed by atoms with E-state index in [1.54, 1.807) is 0 Å². The summed E-state index contributed by atoms with van der Waals surface area (Å²) >= 11 is 0. The highest BCUT2D eigenvalue weighted by molar-refractivity contribution is 5.94. The number of likely N-dealkylation sites (tertiary alicyclic amines) is 1. The molecule has 4 heteroatoms. The van der Waals surface area contributed by atoms with Crippen molar-refractivity contribution < 1.29 is 9.53 Å². The molecule has 0 aliphatic carbocycles. The predicted molar refractivity (Wildman–Crippen MR) is 96.3 cm³/mol. The predicted octanol–water partition coefficient (Wildman–Crippen LogP) is 4.34. The van der Waals surface area contributed by atoms with E-state index in [2.05, 4.69) is 18.8 Å². The van der Waals surface area contributed by atoms with Crippen LogP contribution in [0.25, 0.3) is 11.1 Å². The number of aromatic amines is 1. The summed E-state index contributed by atoms with van der Waals surface area (Å²) in [4.78, 5) is 17.7. The van der Waals surface area contributed by atoms with Gasteiger partial charge in [0.05, 0.1) is 6.61 Å². The third-order valence-electron chi connectivity index (χ3n) is 4.33. The lowest BCUT2D eigenvalue weighted by molar-refractivity contribution is 0.0719. The average Bonchev–Trinajstić information content (AvgIpc) is 3.10. The summed E-state index contributed by atoms with van der Waals surface area (Å²) < 4.78 is 5.93. The fourth-order valence-corrected chi connectivity index (χ4v) is 3.03. The van der Waals surface area contributed by atoms with Gasteiger partial charge in [-0.05, 0) is 37.3 Å². The zero-order chi connectivity index (χ0) is 16.9. The van der Waals surface area contributed by atoms with Gasteiger partial charge in [0.25, 0.3) is 5.91 Å². The largest absolute Gasteiger partial charge is 0.493 e. The second-order valence-corrected chi connectivity index (χ2v) is 6.86. The first-order valence-corrected chi connectivity index (χ1v) is 8.85. The number of H-pyrrole nitrogens is 1. The molecule has 0 atom stereocenters. The molecular weight excluding hydrogens is 300 g/mol. The van der Waals surface area contributed by atoms with Crippen LogP contribution in [0.5, 0.6) is 5.75 Å². The number of nitrogens with zero attached hydrogens (tertiary/aromatic N) is 1. The Labute approximate surface area is 143 Å². The number of ether oxygens (including phenoxy) is 1. The molecule has 1 N–H and O–H groups in total. The molecule has 1 aliphatic rings. The van der Waals surface area contributed by atoms with E-state index in [1.807, 2.05) is 41.4 Å². The molecular formula is C20H26N2O2. The van der Waals surface area contributed by atoms with E-state index < -0.39 is 0 Å². The van der Waals surface area contributed by atoms with E-state index in [4.69, 9.17) is 4.74 Å². The van der Waals surface area contributed by atoms with Gasteiger partial charge in [-0.25, -0.2) is 0 Å². The summed E-state index contributed by atoms with van der Waals surface area (Å²) in [5, 5.41) is 0. The topological polar surface area (TPSA) is 45.3 Å². The molecule has 3 rings (SSSR count). The maximum atomic E-state index is 12.6. The number of hydrogen-bond acceptors (Lipinski definition) is 2. The number of para-hydroxylation sites is 1. The molecule has 1 aromatic carbocycles. The summed E-state index contributed by atoms with van der Waals surface area (Å²) in [7, 11) is 0. The first kappa shape index (κ1) is 16.6. The number of hydrogen-bond donors (Lipinski definition) is 1. The van der Waals surface area contributed by atoms with E-state index in [0.29, 0.717) is 18.2 Å². The second-order valence-electron chi connectivity index (χ2n) is 6.86. The number of piperidine rings is 1. The summed E-state index contributed by atoms with van der Waals surface area (Å²) in [5.74, 6) is 1.43. The monoisotopic (exact) mass is 326 g/mol. The van der Waals surface area contributed by atoms with Crippen molar-refractivity contribution in [2.24, 2.45) is 5.92 Å². The minimum Gasteiger partial charge on any atom is -0.493 e. The number of carbonyl (C=O) groups is 1. The fourth-order valence-electron chi connectivity index (χ4n) is 3.03. The Hall–Kier alpha value is -2.23. The van der Waals surface area contributed by atoms with E-state index in [9.17, 15) is 4.79 Å². The molecule has 2 aromatic rings. The number of rotatable bonds is 5. The van der Waals surface area contributed by atoms with Crippen molar-refractivity contribution in [3.05, 3.63) is 42.2 Å². The van der Waals surface area contributed by atoms with Crippen LogP contribution in [-0.2, 0) is 0 Å². The smallest absolute Gasteiger partial charge is 0.270 e. The fraction of sp³-hybridized carbons (Fsp3) is 0.450. The molecule has 1 aromatic heterocycles.